The summed E-state index contributed by atoms with van der Waals surface area (Å²) in [6.45, 7) is 6.78. The molecule has 0 aliphatic heterocycles. The molecule has 1 rings (SSSR count). The van der Waals surface area contributed by atoms with E-state index in [0.717, 1.165) is 12.0 Å². The number of hydrogen-bond donors (Lipinski definition) is 2. The molecule has 1 aromatic carbocycles. The first-order chi connectivity index (χ1) is 9.86. The summed E-state index contributed by atoms with van der Waals surface area (Å²) in [5.41, 5.74) is 1.09. The summed E-state index contributed by atoms with van der Waals surface area (Å²) in [7, 11) is -3.55. The predicted octanol–water partition coefficient (Wildman–Crippen LogP) is 2.00. The van der Waals surface area contributed by atoms with E-state index in [9.17, 15) is 13.2 Å². The maximum absolute atomic E-state index is 12.1. The van der Waals surface area contributed by atoms with Crippen molar-refractivity contribution in [2.75, 3.05) is 13.1 Å². The fourth-order valence-corrected chi connectivity index (χ4v) is 2.80. The van der Waals surface area contributed by atoms with E-state index in [0.29, 0.717) is 12.5 Å². The third-order valence-corrected chi connectivity index (χ3v) is 4.55. The van der Waals surface area contributed by atoms with Gasteiger partial charge in [0.05, 0.1) is 4.90 Å². The van der Waals surface area contributed by atoms with Crippen LogP contribution in [0.2, 0.25) is 0 Å². The summed E-state index contributed by atoms with van der Waals surface area (Å²) in [5, 5.41) is 2.70. The maximum Gasteiger partial charge on any atom is 0.240 e. The van der Waals surface area contributed by atoms with Gasteiger partial charge in [0.2, 0.25) is 15.9 Å². The van der Waals surface area contributed by atoms with Gasteiger partial charge in [-0.25, -0.2) is 13.1 Å². The number of sulfonamides is 1. The van der Waals surface area contributed by atoms with E-state index in [2.05, 4.69) is 23.9 Å². The second-order valence-corrected chi connectivity index (χ2v) is 6.99. The third-order valence-electron chi connectivity index (χ3n) is 3.07. The van der Waals surface area contributed by atoms with Crippen LogP contribution in [0, 0.1) is 0 Å². The van der Waals surface area contributed by atoms with Gasteiger partial charge in [-0.05, 0) is 30.0 Å². The normalized spacial score (nSPS) is 11.6. The molecule has 0 radical (unpaired) electrons. The van der Waals surface area contributed by atoms with Crippen molar-refractivity contribution in [3.05, 3.63) is 29.8 Å². The molecule has 0 unspecified atom stereocenters. The van der Waals surface area contributed by atoms with Crippen molar-refractivity contribution < 1.29 is 13.2 Å². The second-order valence-electron chi connectivity index (χ2n) is 5.22. The Balaban J connectivity index is 2.55. The molecule has 0 aliphatic carbocycles. The minimum absolute atomic E-state index is 0.101. The Labute approximate surface area is 127 Å². The molecule has 0 aromatic heterocycles. The molecule has 0 bridgehead atoms. The lowest BCUT2D eigenvalue weighted by molar-refractivity contribution is -0.120. The fourth-order valence-electron chi connectivity index (χ4n) is 1.77. The Kier molecular flexibility index (Phi) is 6.84. The van der Waals surface area contributed by atoms with Crippen LogP contribution in [0.15, 0.2) is 29.2 Å². The Hall–Kier alpha value is -1.40. The van der Waals surface area contributed by atoms with Crippen LogP contribution >= 0.6 is 0 Å². The zero-order valence-corrected chi connectivity index (χ0v) is 13.7. The fraction of sp³-hybridized carbons (Fsp3) is 0.533. The molecule has 0 atom stereocenters. The van der Waals surface area contributed by atoms with Gasteiger partial charge in [-0.1, -0.05) is 32.9 Å². The zero-order chi connectivity index (χ0) is 15.9. The largest absolute Gasteiger partial charge is 0.356 e. The number of nitrogens with one attached hydrogen (secondary N) is 2. The van der Waals surface area contributed by atoms with Gasteiger partial charge in [-0.15, -0.1) is 0 Å². The zero-order valence-electron chi connectivity index (χ0n) is 12.8. The number of carbonyl (C=O) groups excluding carboxylic acids is 1. The molecule has 6 heteroatoms. The Bertz CT molecular complexity index is 551. The number of rotatable bonds is 8. The average Bonchev–Trinajstić information content (AvgIpc) is 2.45. The van der Waals surface area contributed by atoms with Crippen LogP contribution in [0.3, 0.4) is 0 Å². The van der Waals surface area contributed by atoms with Crippen LogP contribution in [0.25, 0.3) is 0 Å². The first kappa shape index (κ1) is 17.7. The van der Waals surface area contributed by atoms with Crippen LogP contribution in [0.4, 0.5) is 0 Å². The maximum atomic E-state index is 12.1. The summed E-state index contributed by atoms with van der Waals surface area (Å²) in [6.07, 6.45) is 1.00. The van der Waals surface area contributed by atoms with Gasteiger partial charge in [0.25, 0.3) is 0 Å². The van der Waals surface area contributed by atoms with E-state index in [4.69, 9.17) is 0 Å². The third kappa shape index (κ3) is 5.85. The number of benzene rings is 1. The summed E-state index contributed by atoms with van der Waals surface area (Å²) in [5.74, 6) is 0.215. The van der Waals surface area contributed by atoms with Crippen LogP contribution < -0.4 is 10.0 Å². The Morgan fingerprint density at radius 1 is 1.14 bits per heavy atom. The minimum atomic E-state index is -3.55. The minimum Gasteiger partial charge on any atom is -0.356 e. The lowest BCUT2D eigenvalue weighted by Gasteiger charge is -2.09. The highest BCUT2D eigenvalue weighted by Gasteiger charge is 2.14. The van der Waals surface area contributed by atoms with E-state index < -0.39 is 10.0 Å². The van der Waals surface area contributed by atoms with Crippen molar-refractivity contribution in [3.63, 3.8) is 0 Å². The first-order valence-corrected chi connectivity index (χ1v) is 8.71. The van der Waals surface area contributed by atoms with Crippen LogP contribution in [-0.2, 0) is 14.8 Å². The number of amides is 1. The molecule has 0 spiro atoms. The number of hydrogen-bond acceptors (Lipinski definition) is 3. The van der Waals surface area contributed by atoms with E-state index in [1.807, 2.05) is 19.1 Å². The lowest BCUT2D eigenvalue weighted by Crippen LogP contribution is -2.31. The van der Waals surface area contributed by atoms with E-state index >= 15 is 0 Å². The smallest absolute Gasteiger partial charge is 0.240 e. The van der Waals surface area contributed by atoms with Crippen molar-refractivity contribution in [3.8, 4) is 0 Å². The van der Waals surface area contributed by atoms with Gasteiger partial charge in [0.15, 0.2) is 0 Å². The van der Waals surface area contributed by atoms with Crippen LogP contribution in [-0.4, -0.2) is 27.4 Å². The van der Waals surface area contributed by atoms with Crippen molar-refractivity contribution >= 4 is 15.9 Å². The molecule has 0 aliphatic rings. The quantitative estimate of drug-likeness (QED) is 0.771. The van der Waals surface area contributed by atoms with Crippen LogP contribution in [0.1, 0.15) is 45.1 Å². The van der Waals surface area contributed by atoms with Gasteiger partial charge >= 0.3 is 0 Å². The summed E-state index contributed by atoms with van der Waals surface area (Å²) in [4.78, 5) is 11.6. The van der Waals surface area contributed by atoms with E-state index in [-0.39, 0.29) is 23.8 Å². The second kappa shape index (κ2) is 8.14. The first-order valence-electron chi connectivity index (χ1n) is 7.23. The van der Waals surface area contributed by atoms with E-state index in [1.54, 1.807) is 12.1 Å². The highest BCUT2D eigenvalue weighted by molar-refractivity contribution is 7.89. The molecule has 21 heavy (non-hydrogen) atoms. The molecule has 0 heterocycles. The van der Waals surface area contributed by atoms with Crippen molar-refractivity contribution in [2.24, 2.45) is 0 Å². The molecule has 2 N–H and O–H groups in total. The van der Waals surface area contributed by atoms with Gasteiger partial charge in [-0.3, -0.25) is 4.79 Å². The number of carbonyl (C=O) groups is 1. The van der Waals surface area contributed by atoms with Crippen molar-refractivity contribution in [2.45, 2.75) is 44.4 Å². The van der Waals surface area contributed by atoms with Gasteiger partial charge in [-0.2, -0.15) is 0 Å². The van der Waals surface area contributed by atoms with Gasteiger partial charge in [0, 0.05) is 19.5 Å². The van der Waals surface area contributed by atoms with Gasteiger partial charge < -0.3 is 5.32 Å². The summed E-state index contributed by atoms with van der Waals surface area (Å²) >= 11 is 0. The van der Waals surface area contributed by atoms with Crippen molar-refractivity contribution in [1.82, 2.24) is 10.0 Å². The summed E-state index contributed by atoms with van der Waals surface area (Å²) < 4.78 is 26.6. The molecular weight excluding hydrogens is 288 g/mol. The molecule has 0 fully saturated rings. The average molecular weight is 312 g/mol. The molecular formula is C15H24N2O3S. The van der Waals surface area contributed by atoms with E-state index in [1.165, 1.54) is 0 Å². The lowest BCUT2D eigenvalue weighted by atomic mass is 10.0. The standard InChI is InChI=1S/C15H24N2O3S/c1-4-10-16-15(18)9-11-17-21(19,20)14-7-5-13(6-8-14)12(2)3/h5-8,12,17H,4,9-11H2,1-3H3,(H,16,18). The summed E-state index contributed by atoms with van der Waals surface area (Å²) in [6, 6.07) is 6.81. The Morgan fingerprint density at radius 2 is 1.76 bits per heavy atom. The molecule has 0 saturated carbocycles. The predicted molar refractivity (Wildman–Crippen MR) is 83.6 cm³/mol. The highest BCUT2D eigenvalue weighted by atomic mass is 32.2. The van der Waals surface area contributed by atoms with Gasteiger partial charge in [0.1, 0.15) is 0 Å². The molecule has 1 amide bonds. The molecule has 118 valence electrons. The highest BCUT2D eigenvalue weighted by Crippen LogP contribution is 2.17. The monoisotopic (exact) mass is 312 g/mol. The molecule has 5 nitrogen and oxygen atoms in total. The van der Waals surface area contributed by atoms with Crippen LogP contribution in [0.5, 0.6) is 0 Å². The molecule has 0 saturated heterocycles. The Morgan fingerprint density at radius 3 is 2.29 bits per heavy atom. The topological polar surface area (TPSA) is 75.3 Å². The SMILES string of the molecule is CCCNC(=O)CCNS(=O)(=O)c1ccc(C(C)C)cc1. The molecule has 1 aromatic rings. The van der Waals surface area contributed by atoms with Crippen molar-refractivity contribution in [1.29, 1.82) is 0 Å².